The Kier molecular flexibility index (Phi) is 6.30. The van der Waals surface area contributed by atoms with Gasteiger partial charge in [0.25, 0.3) is 0 Å². The molecule has 5 rings (SSSR count). The van der Waals surface area contributed by atoms with Gasteiger partial charge in [-0.1, -0.05) is 48.1 Å². The van der Waals surface area contributed by atoms with Gasteiger partial charge in [-0.3, -0.25) is 4.79 Å². The Bertz CT molecular complexity index is 1370. The lowest BCUT2D eigenvalue weighted by Gasteiger charge is -2.32. The van der Waals surface area contributed by atoms with Gasteiger partial charge in [-0.25, -0.2) is 9.38 Å². The fraction of sp³-hybridized carbons (Fsp3) is 0.364. The number of thioether (sulfide) groups is 2. The number of carbonyl (C=O) groups is 1. The zero-order valence-electron chi connectivity index (χ0n) is 18.3. The van der Waals surface area contributed by atoms with E-state index in [1.54, 1.807) is 35.6 Å². The van der Waals surface area contributed by atoms with Gasteiger partial charge >= 0.3 is 0 Å². The predicted octanol–water partition coefficient (Wildman–Crippen LogP) is 5.69. The highest BCUT2D eigenvalue weighted by molar-refractivity contribution is 8.00. The monoisotopic (exact) mass is 519 g/mol. The van der Waals surface area contributed by atoms with Crippen molar-refractivity contribution in [2.24, 2.45) is 0 Å². The molecule has 0 saturated carbocycles. The first-order chi connectivity index (χ1) is 15.9. The van der Waals surface area contributed by atoms with Crippen molar-refractivity contribution in [3.05, 3.63) is 39.7 Å². The van der Waals surface area contributed by atoms with Crippen molar-refractivity contribution >= 4 is 73.9 Å². The van der Waals surface area contributed by atoms with Gasteiger partial charge < -0.3 is 10.1 Å². The zero-order chi connectivity index (χ0) is 23.2. The minimum absolute atomic E-state index is 0.137. The summed E-state index contributed by atoms with van der Waals surface area (Å²) in [5, 5.41) is 14.9. The van der Waals surface area contributed by atoms with Gasteiger partial charge in [-0.2, -0.15) is 0 Å². The molecule has 0 radical (unpaired) electrons. The van der Waals surface area contributed by atoms with Crippen LogP contribution in [-0.4, -0.2) is 43.1 Å². The van der Waals surface area contributed by atoms with E-state index in [9.17, 15) is 4.79 Å². The van der Waals surface area contributed by atoms with Gasteiger partial charge in [-0.15, -0.1) is 21.5 Å². The average Bonchev–Trinajstić information content (AvgIpc) is 3.38. The van der Waals surface area contributed by atoms with Crippen LogP contribution in [0.3, 0.4) is 0 Å². The maximum Gasteiger partial charge on any atom is 0.234 e. The number of benzene rings is 1. The summed E-state index contributed by atoms with van der Waals surface area (Å²) in [5.74, 6) is 0.0605. The summed E-state index contributed by atoms with van der Waals surface area (Å²) in [6, 6.07) is 7.09. The van der Waals surface area contributed by atoms with E-state index in [2.05, 4.69) is 29.4 Å². The van der Waals surface area contributed by atoms with Crippen LogP contribution in [0.15, 0.2) is 34.6 Å². The van der Waals surface area contributed by atoms with Crippen molar-refractivity contribution in [2.45, 2.75) is 49.2 Å². The van der Waals surface area contributed by atoms with Crippen LogP contribution in [-0.2, 0) is 22.6 Å². The van der Waals surface area contributed by atoms with Crippen LogP contribution in [0.2, 0.25) is 5.02 Å². The third kappa shape index (κ3) is 4.35. The zero-order valence-corrected chi connectivity index (χ0v) is 21.6. The maximum absolute atomic E-state index is 12.5. The molecule has 172 valence electrons. The highest BCUT2D eigenvalue weighted by Gasteiger charge is 2.33. The number of aromatic nitrogens is 4. The van der Waals surface area contributed by atoms with Gasteiger partial charge in [0.1, 0.15) is 4.83 Å². The van der Waals surface area contributed by atoms with Crippen LogP contribution in [0.25, 0.3) is 15.9 Å². The van der Waals surface area contributed by atoms with Crippen molar-refractivity contribution in [3.63, 3.8) is 0 Å². The van der Waals surface area contributed by atoms with Gasteiger partial charge in [0, 0.05) is 22.0 Å². The van der Waals surface area contributed by atoms with Crippen molar-refractivity contribution in [2.75, 3.05) is 17.3 Å². The number of ether oxygens (including phenoxy) is 1. The first-order valence-corrected chi connectivity index (χ1v) is 13.9. The summed E-state index contributed by atoms with van der Waals surface area (Å²) in [6.07, 6.45) is 3.75. The lowest BCUT2D eigenvalue weighted by Crippen LogP contribution is -2.33. The Balaban J connectivity index is 1.47. The number of nitrogens with zero attached hydrogens (tertiary/aromatic N) is 4. The van der Waals surface area contributed by atoms with E-state index in [1.165, 1.54) is 34.0 Å². The second-order valence-corrected chi connectivity index (χ2v) is 11.3. The van der Waals surface area contributed by atoms with Gasteiger partial charge in [-0.05, 0) is 43.4 Å². The lowest BCUT2D eigenvalue weighted by atomic mass is 9.90. The minimum atomic E-state index is -0.188. The van der Waals surface area contributed by atoms with Gasteiger partial charge in [0.15, 0.2) is 16.0 Å². The molecule has 0 fully saturated rings. The van der Waals surface area contributed by atoms with Crippen molar-refractivity contribution in [1.29, 1.82) is 0 Å². The summed E-state index contributed by atoms with van der Waals surface area (Å²) in [6.45, 7) is 4.91. The van der Waals surface area contributed by atoms with Gasteiger partial charge in [0.2, 0.25) is 5.91 Å². The summed E-state index contributed by atoms with van der Waals surface area (Å²) < 4.78 is 8.11. The Labute approximate surface area is 208 Å². The van der Waals surface area contributed by atoms with Crippen LogP contribution in [0, 0.1) is 0 Å². The van der Waals surface area contributed by atoms with E-state index < -0.39 is 0 Å². The molecule has 7 nitrogen and oxygen atoms in total. The Hall–Kier alpha value is -1.85. The highest BCUT2D eigenvalue weighted by atomic mass is 35.5. The molecule has 33 heavy (non-hydrogen) atoms. The van der Waals surface area contributed by atoms with E-state index in [1.807, 2.05) is 10.7 Å². The third-order valence-electron chi connectivity index (χ3n) is 5.79. The van der Waals surface area contributed by atoms with Crippen molar-refractivity contribution in [1.82, 2.24) is 19.6 Å². The predicted molar refractivity (Wildman–Crippen MR) is 136 cm³/mol. The first kappa shape index (κ1) is 22.9. The Morgan fingerprint density at radius 1 is 1.36 bits per heavy atom. The molecule has 4 aromatic rings. The number of rotatable bonds is 6. The molecule has 4 heterocycles. The van der Waals surface area contributed by atoms with Crippen LogP contribution in [0.1, 0.15) is 30.7 Å². The molecule has 1 aromatic carbocycles. The second-order valence-electron chi connectivity index (χ2n) is 8.04. The third-order valence-corrected chi connectivity index (χ3v) is 8.69. The number of hydrogen-bond donors (Lipinski definition) is 1. The molecular formula is C22H22ClN5O2S3. The molecule has 0 unspecified atom stereocenters. The molecule has 1 N–H and O–H groups in total. The number of hydrogen-bond acceptors (Lipinski definition) is 8. The molecule has 11 heteroatoms. The number of thiophene rings is 1. The van der Waals surface area contributed by atoms with E-state index in [0.717, 1.165) is 33.9 Å². The summed E-state index contributed by atoms with van der Waals surface area (Å²) in [7, 11) is 0. The van der Waals surface area contributed by atoms with Crippen molar-refractivity contribution < 1.29 is 9.53 Å². The molecule has 1 aliphatic heterocycles. The number of fused-ring (bicyclic) bond motifs is 5. The first-order valence-electron chi connectivity index (χ1n) is 10.5. The van der Waals surface area contributed by atoms with E-state index in [4.69, 9.17) is 21.3 Å². The molecule has 0 aliphatic carbocycles. The fourth-order valence-corrected chi connectivity index (χ4v) is 6.54. The molecular weight excluding hydrogens is 498 g/mol. The average molecular weight is 520 g/mol. The number of halogens is 1. The molecule has 3 aromatic heterocycles. The Morgan fingerprint density at radius 2 is 2.21 bits per heavy atom. The molecule has 1 aliphatic rings. The van der Waals surface area contributed by atoms with Crippen molar-refractivity contribution in [3.8, 4) is 0 Å². The lowest BCUT2D eigenvalue weighted by molar-refractivity contribution is -0.113. The number of carbonyl (C=O) groups excluding carboxylic acids is 1. The Morgan fingerprint density at radius 3 is 2.97 bits per heavy atom. The molecule has 1 amide bonds. The fourth-order valence-electron chi connectivity index (χ4n) is 3.87. The molecule has 1 atom stereocenters. The standard InChI is InChI=1S/C22H22ClN5O2S3/c1-4-22(2)9-14-15(10-30-22)33-19-17(14)18-26-27-21(28(18)20(25-19)31-3)32-11-16(29)24-13-7-5-6-12(23)8-13/h5-8H,4,9-11H2,1-3H3,(H,24,29)/t22-/m1/s1. The summed E-state index contributed by atoms with van der Waals surface area (Å²) in [5.41, 5.74) is 2.53. The number of amides is 1. The van der Waals surface area contributed by atoms with Crippen LogP contribution >= 0.6 is 46.5 Å². The molecule has 0 bridgehead atoms. The quantitative estimate of drug-likeness (QED) is 0.259. The smallest absolute Gasteiger partial charge is 0.234 e. The summed E-state index contributed by atoms with van der Waals surface area (Å²) in [4.78, 5) is 19.6. The molecule has 0 spiro atoms. The summed E-state index contributed by atoms with van der Waals surface area (Å²) >= 11 is 10.6. The topological polar surface area (TPSA) is 81.4 Å². The van der Waals surface area contributed by atoms with E-state index in [-0.39, 0.29) is 17.3 Å². The van der Waals surface area contributed by atoms with Crippen LogP contribution in [0.4, 0.5) is 5.69 Å². The van der Waals surface area contributed by atoms with E-state index >= 15 is 0 Å². The van der Waals surface area contributed by atoms with Crippen LogP contribution < -0.4 is 5.32 Å². The van der Waals surface area contributed by atoms with E-state index in [0.29, 0.717) is 22.5 Å². The minimum Gasteiger partial charge on any atom is -0.369 e. The highest BCUT2D eigenvalue weighted by Crippen LogP contribution is 2.42. The number of nitrogens with one attached hydrogen (secondary N) is 1. The normalized spacial score (nSPS) is 18.1. The van der Waals surface area contributed by atoms with Gasteiger partial charge in [0.05, 0.1) is 23.3 Å². The maximum atomic E-state index is 12.5. The number of anilines is 1. The SMILES string of the molecule is CC[C@]1(C)Cc2c(sc3nc(SC)n4c(SCC(=O)Nc5cccc(Cl)c5)nnc4c23)CO1. The second kappa shape index (κ2) is 9.07. The molecule has 0 saturated heterocycles. The largest absolute Gasteiger partial charge is 0.369 e. The van der Waals surface area contributed by atoms with Crippen LogP contribution in [0.5, 0.6) is 0 Å².